The summed E-state index contributed by atoms with van der Waals surface area (Å²) in [7, 11) is 1.91. The van der Waals surface area contributed by atoms with Crippen LogP contribution in [0.1, 0.15) is 22.8 Å². The van der Waals surface area contributed by atoms with Crippen LogP contribution in [-0.2, 0) is 11.8 Å². The minimum absolute atomic E-state index is 0.283. The molecule has 0 fully saturated rings. The van der Waals surface area contributed by atoms with Gasteiger partial charge in [-0.1, -0.05) is 0 Å². The molecule has 2 rings (SSSR count). The van der Waals surface area contributed by atoms with Crippen molar-refractivity contribution < 1.29 is 9.53 Å². The van der Waals surface area contributed by atoms with Crippen molar-refractivity contribution in [2.75, 3.05) is 6.61 Å². The topological polar surface area (TPSA) is 44.1 Å². The van der Waals surface area contributed by atoms with Crippen LogP contribution >= 0.6 is 0 Å². The molecule has 0 aromatic carbocycles. The van der Waals surface area contributed by atoms with E-state index in [1.165, 1.54) is 0 Å². The highest BCUT2D eigenvalue weighted by molar-refractivity contribution is 5.98. The van der Waals surface area contributed by atoms with Crippen LogP contribution < -0.4 is 0 Å². The van der Waals surface area contributed by atoms with Gasteiger partial charge in [-0.3, -0.25) is 4.98 Å². The Balaban J connectivity index is 2.57. The fourth-order valence-electron chi connectivity index (χ4n) is 2.09. The third-order valence-corrected chi connectivity index (χ3v) is 2.79. The highest BCUT2D eigenvalue weighted by Gasteiger charge is 2.20. The Bertz CT molecular complexity index is 559. The standard InChI is InChI=1S/C14H16N2O2/c1-4-18-14(17)12-10(2)9-16(3)13(12)11-6-5-7-15-8-11/h5-9H,4H2,1-3H3. The first kappa shape index (κ1) is 12.4. The fraction of sp³-hybridized carbons (Fsp3) is 0.286. The van der Waals surface area contributed by atoms with Gasteiger partial charge in [0.25, 0.3) is 0 Å². The highest BCUT2D eigenvalue weighted by atomic mass is 16.5. The van der Waals surface area contributed by atoms with Crippen LogP contribution in [-0.4, -0.2) is 22.1 Å². The number of aryl methyl sites for hydroxylation is 2. The molecular weight excluding hydrogens is 228 g/mol. The first-order valence-corrected chi connectivity index (χ1v) is 5.88. The zero-order chi connectivity index (χ0) is 13.1. The first-order chi connectivity index (χ1) is 8.65. The summed E-state index contributed by atoms with van der Waals surface area (Å²) in [5.41, 5.74) is 3.29. The predicted octanol–water partition coefficient (Wildman–Crippen LogP) is 2.57. The van der Waals surface area contributed by atoms with Crippen molar-refractivity contribution in [1.29, 1.82) is 0 Å². The van der Waals surface area contributed by atoms with Gasteiger partial charge in [-0.2, -0.15) is 0 Å². The van der Waals surface area contributed by atoms with Crippen molar-refractivity contribution in [3.8, 4) is 11.3 Å². The molecule has 94 valence electrons. The predicted molar refractivity (Wildman–Crippen MR) is 69.3 cm³/mol. The summed E-state index contributed by atoms with van der Waals surface area (Å²) < 4.78 is 7.04. The highest BCUT2D eigenvalue weighted by Crippen LogP contribution is 2.27. The summed E-state index contributed by atoms with van der Waals surface area (Å²) in [6, 6.07) is 3.79. The lowest BCUT2D eigenvalue weighted by atomic mass is 10.1. The normalized spacial score (nSPS) is 10.4. The molecule has 0 amide bonds. The lowest BCUT2D eigenvalue weighted by molar-refractivity contribution is 0.0526. The lowest BCUT2D eigenvalue weighted by Gasteiger charge is -2.07. The van der Waals surface area contributed by atoms with Crippen LogP contribution in [0.25, 0.3) is 11.3 Å². The van der Waals surface area contributed by atoms with Crippen molar-refractivity contribution in [2.24, 2.45) is 7.05 Å². The van der Waals surface area contributed by atoms with Crippen LogP contribution in [0.15, 0.2) is 30.7 Å². The van der Waals surface area contributed by atoms with Gasteiger partial charge in [0.15, 0.2) is 0 Å². The molecule has 0 unspecified atom stereocenters. The number of ether oxygens (including phenoxy) is 1. The largest absolute Gasteiger partial charge is 0.462 e. The summed E-state index contributed by atoms with van der Waals surface area (Å²) in [6.07, 6.45) is 5.38. The van der Waals surface area contributed by atoms with Crippen LogP contribution in [0.5, 0.6) is 0 Å². The minimum atomic E-state index is -0.283. The monoisotopic (exact) mass is 244 g/mol. The molecule has 0 aliphatic rings. The van der Waals surface area contributed by atoms with E-state index < -0.39 is 0 Å². The molecule has 4 nitrogen and oxygen atoms in total. The van der Waals surface area contributed by atoms with Crippen molar-refractivity contribution >= 4 is 5.97 Å². The number of hydrogen-bond donors (Lipinski definition) is 0. The molecule has 4 heteroatoms. The van der Waals surface area contributed by atoms with E-state index in [4.69, 9.17) is 4.74 Å². The van der Waals surface area contributed by atoms with Gasteiger partial charge < -0.3 is 9.30 Å². The Labute approximate surface area is 106 Å². The Morgan fingerprint density at radius 3 is 2.89 bits per heavy atom. The average molecular weight is 244 g/mol. The summed E-state index contributed by atoms with van der Waals surface area (Å²) >= 11 is 0. The van der Waals surface area contributed by atoms with Crippen molar-refractivity contribution in [3.63, 3.8) is 0 Å². The molecule has 2 aromatic heterocycles. The van der Waals surface area contributed by atoms with Gasteiger partial charge in [-0.25, -0.2) is 4.79 Å². The second-order valence-corrected chi connectivity index (χ2v) is 4.11. The second-order valence-electron chi connectivity index (χ2n) is 4.11. The molecule has 2 aromatic rings. The number of hydrogen-bond acceptors (Lipinski definition) is 3. The number of nitrogens with zero attached hydrogens (tertiary/aromatic N) is 2. The van der Waals surface area contributed by atoms with Crippen LogP contribution in [0.3, 0.4) is 0 Å². The van der Waals surface area contributed by atoms with Crippen molar-refractivity contribution in [1.82, 2.24) is 9.55 Å². The summed E-state index contributed by atoms with van der Waals surface area (Å²) in [5, 5.41) is 0. The van der Waals surface area contributed by atoms with Gasteiger partial charge in [0.2, 0.25) is 0 Å². The van der Waals surface area contributed by atoms with Gasteiger partial charge in [0.1, 0.15) is 0 Å². The lowest BCUT2D eigenvalue weighted by Crippen LogP contribution is -2.07. The van der Waals surface area contributed by atoms with Crippen LogP contribution in [0.4, 0.5) is 0 Å². The molecule has 0 N–H and O–H groups in total. The van der Waals surface area contributed by atoms with Gasteiger partial charge >= 0.3 is 5.97 Å². The number of rotatable bonds is 3. The first-order valence-electron chi connectivity index (χ1n) is 5.88. The van der Waals surface area contributed by atoms with E-state index in [1.807, 2.05) is 36.9 Å². The molecule has 0 bridgehead atoms. The van der Waals surface area contributed by atoms with E-state index in [1.54, 1.807) is 19.3 Å². The molecule has 0 aliphatic carbocycles. The molecule has 0 atom stereocenters. The van der Waals surface area contributed by atoms with Crippen molar-refractivity contribution in [3.05, 3.63) is 41.9 Å². The number of carbonyl (C=O) groups excluding carboxylic acids is 1. The SMILES string of the molecule is CCOC(=O)c1c(C)cn(C)c1-c1cccnc1. The van der Waals surface area contributed by atoms with Crippen LogP contribution in [0.2, 0.25) is 0 Å². The van der Waals surface area contributed by atoms with E-state index in [0.29, 0.717) is 12.2 Å². The van der Waals surface area contributed by atoms with Crippen LogP contribution in [0, 0.1) is 6.92 Å². The minimum Gasteiger partial charge on any atom is -0.462 e. The Hall–Kier alpha value is -2.10. The number of aromatic nitrogens is 2. The third kappa shape index (κ3) is 2.14. The summed E-state index contributed by atoms with van der Waals surface area (Å²) in [6.45, 7) is 4.09. The number of pyridine rings is 1. The average Bonchev–Trinajstić information content (AvgIpc) is 2.65. The molecule has 2 heterocycles. The van der Waals surface area contributed by atoms with E-state index in [-0.39, 0.29) is 5.97 Å². The van der Waals surface area contributed by atoms with E-state index in [9.17, 15) is 4.79 Å². The molecule has 18 heavy (non-hydrogen) atoms. The molecule has 0 spiro atoms. The molecular formula is C14H16N2O2. The smallest absolute Gasteiger partial charge is 0.340 e. The number of esters is 1. The van der Waals surface area contributed by atoms with Gasteiger partial charge in [-0.05, 0) is 31.5 Å². The van der Waals surface area contributed by atoms with Gasteiger partial charge in [0, 0.05) is 31.2 Å². The zero-order valence-electron chi connectivity index (χ0n) is 10.8. The van der Waals surface area contributed by atoms with Gasteiger partial charge in [0.05, 0.1) is 17.9 Å². The molecule has 0 saturated carbocycles. The fourth-order valence-corrected chi connectivity index (χ4v) is 2.09. The Kier molecular flexibility index (Phi) is 3.46. The van der Waals surface area contributed by atoms with Gasteiger partial charge in [-0.15, -0.1) is 0 Å². The molecule has 0 aliphatic heterocycles. The Morgan fingerprint density at radius 1 is 1.50 bits per heavy atom. The van der Waals surface area contributed by atoms with Crippen molar-refractivity contribution in [2.45, 2.75) is 13.8 Å². The maximum Gasteiger partial charge on any atom is 0.340 e. The maximum atomic E-state index is 12.0. The summed E-state index contributed by atoms with van der Waals surface area (Å²) in [4.78, 5) is 16.1. The number of carbonyl (C=O) groups is 1. The summed E-state index contributed by atoms with van der Waals surface area (Å²) in [5.74, 6) is -0.283. The Morgan fingerprint density at radius 2 is 2.28 bits per heavy atom. The van der Waals surface area contributed by atoms with E-state index in [2.05, 4.69) is 4.98 Å². The molecule has 0 radical (unpaired) electrons. The maximum absolute atomic E-state index is 12.0. The van der Waals surface area contributed by atoms with E-state index >= 15 is 0 Å². The quantitative estimate of drug-likeness (QED) is 0.779. The zero-order valence-corrected chi connectivity index (χ0v) is 10.8. The van der Waals surface area contributed by atoms with E-state index in [0.717, 1.165) is 16.8 Å². The molecule has 0 saturated heterocycles. The second kappa shape index (κ2) is 5.04. The third-order valence-electron chi connectivity index (χ3n) is 2.79.